The minimum atomic E-state index is -0.0416. The molecule has 2 rings (SSSR count). The van der Waals surface area contributed by atoms with Crippen molar-refractivity contribution in [1.82, 2.24) is 15.5 Å². The Morgan fingerprint density at radius 2 is 1.83 bits per heavy atom. The SMILES string of the molecule is CC(C)NC(=O)N1CCC(C(=O)NCc2ccc(Cl)cc2)CC1. The van der Waals surface area contributed by atoms with Crippen molar-refractivity contribution >= 4 is 23.5 Å². The average Bonchev–Trinajstić information content (AvgIpc) is 2.53. The fraction of sp³-hybridized carbons (Fsp3) is 0.529. The summed E-state index contributed by atoms with van der Waals surface area (Å²) in [5.74, 6) is 0.0364. The van der Waals surface area contributed by atoms with E-state index >= 15 is 0 Å². The summed E-state index contributed by atoms with van der Waals surface area (Å²) < 4.78 is 0. The van der Waals surface area contributed by atoms with Crippen LogP contribution in [0.3, 0.4) is 0 Å². The highest BCUT2D eigenvalue weighted by atomic mass is 35.5. The molecule has 0 radical (unpaired) electrons. The zero-order chi connectivity index (χ0) is 16.8. The fourth-order valence-electron chi connectivity index (χ4n) is 2.62. The number of rotatable bonds is 4. The molecule has 0 spiro atoms. The second-order valence-electron chi connectivity index (χ2n) is 6.21. The predicted octanol–water partition coefficient (Wildman–Crippen LogP) is 2.79. The standard InChI is InChI=1S/C17H24ClN3O2/c1-12(2)20-17(23)21-9-7-14(8-10-21)16(22)19-11-13-3-5-15(18)6-4-13/h3-6,12,14H,7-11H2,1-2H3,(H,19,22)(H,20,23). The molecule has 6 heteroatoms. The molecule has 0 saturated carbocycles. The molecule has 1 heterocycles. The Morgan fingerprint density at radius 1 is 1.22 bits per heavy atom. The lowest BCUT2D eigenvalue weighted by Gasteiger charge is -2.32. The number of carbonyl (C=O) groups excluding carboxylic acids is 2. The second kappa shape index (κ2) is 8.20. The predicted molar refractivity (Wildman–Crippen MR) is 91.3 cm³/mol. The van der Waals surface area contributed by atoms with Crippen molar-refractivity contribution in [2.45, 2.75) is 39.3 Å². The van der Waals surface area contributed by atoms with E-state index in [-0.39, 0.29) is 23.9 Å². The number of amides is 3. The molecule has 1 aliphatic heterocycles. The van der Waals surface area contributed by atoms with Gasteiger partial charge in [-0.05, 0) is 44.4 Å². The zero-order valence-corrected chi connectivity index (χ0v) is 14.4. The van der Waals surface area contributed by atoms with E-state index < -0.39 is 0 Å². The summed E-state index contributed by atoms with van der Waals surface area (Å²) >= 11 is 5.84. The molecule has 0 atom stereocenters. The number of hydrogen-bond donors (Lipinski definition) is 2. The second-order valence-corrected chi connectivity index (χ2v) is 6.65. The van der Waals surface area contributed by atoms with Crippen LogP contribution >= 0.6 is 11.6 Å². The van der Waals surface area contributed by atoms with Gasteiger partial charge in [-0.25, -0.2) is 4.79 Å². The van der Waals surface area contributed by atoms with Gasteiger partial charge in [-0.2, -0.15) is 0 Å². The van der Waals surface area contributed by atoms with Crippen molar-refractivity contribution < 1.29 is 9.59 Å². The summed E-state index contributed by atoms with van der Waals surface area (Å²) in [6, 6.07) is 7.52. The molecule has 3 amide bonds. The number of carbonyl (C=O) groups is 2. The summed E-state index contributed by atoms with van der Waals surface area (Å²) in [5, 5.41) is 6.53. The summed E-state index contributed by atoms with van der Waals surface area (Å²) in [5.41, 5.74) is 1.02. The van der Waals surface area contributed by atoms with Crippen LogP contribution in [0.2, 0.25) is 5.02 Å². The van der Waals surface area contributed by atoms with E-state index in [4.69, 9.17) is 11.6 Å². The fourth-order valence-corrected chi connectivity index (χ4v) is 2.74. The van der Waals surface area contributed by atoms with Crippen LogP contribution in [0.4, 0.5) is 4.79 Å². The number of halogens is 1. The van der Waals surface area contributed by atoms with Gasteiger partial charge in [0.25, 0.3) is 0 Å². The Balaban J connectivity index is 1.75. The first kappa shape index (κ1) is 17.6. The molecule has 0 unspecified atom stereocenters. The molecule has 1 aromatic carbocycles. The van der Waals surface area contributed by atoms with Crippen molar-refractivity contribution in [3.05, 3.63) is 34.9 Å². The molecule has 0 bridgehead atoms. The number of nitrogens with zero attached hydrogens (tertiary/aromatic N) is 1. The van der Waals surface area contributed by atoms with Crippen LogP contribution in [-0.4, -0.2) is 36.0 Å². The van der Waals surface area contributed by atoms with Gasteiger partial charge in [0.05, 0.1) is 0 Å². The number of hydrogen-bond acceptors (Lipinski definition) is 2. The van der Waals surface area contributed by atoms with E-state index in [9.17, 15) is 9.59 Å². The van der Waals surface area contributed by atoms with E-state index in [1.165, 1.54) is 0 Å². The van der Waals surface area contributed by atoms with Crippen LogP contribution < -0.4 is 10.6 Å². The largest absolute Gasteiger partial charge is 0.352 e. The summed E-state index contributed by atoms with van der Waals surface area (Å²) in [6.45, 7) is 5.63. The van der Waals surface area contributed by atoms with Crippen LogP contribution in [0, 0.1) is 5.92 Å². The number of benzene rings is 1. The quantitative estimate of drug-likeness (QED) is 0.887. The maximum Gasteiger partial charge on any atom is 0.317 e. The smallest absolute Gasteiger partial charge is 0.317 e. The molecule has 23 heavy (non-hydrogen) atoms. The van der Waals surface area contributed by atoms with Crippen LogP contribution in [0.15, 0.2) is 24.3 Å². The lowest BCUT2D eigenvalue weighted by atomic mass is 9.96. The van der Waals surface area contributed by atoms with E-state index in [0.717, 1.165) is 5.56 Å². The Bertz CT molecular complexity index is 537. The van der Waals surface area contributed by atoms with E-state index in [2.05, 4.69) is 10.6 Å². The van der Waals surface area contributed by atoms with Crippen molar-refractivity contribution in [3.63, 3.8) is 0 Å². The van der Waals surface area contributed by atoms with Crippen LogP contribution in [0.1, 0.15) is 32.3 Å². The highest BCUT2D eigenvalue weighted by Gasteiger charge is 2.27. The summed E-state index contributed by atoms with van der Waals surface area (Å²) in [4.78, 5) is 25.9. The Kier molecular flexibility index (Phi) is 6.28. The lowest BCUT2D eigenvalue weighted by Crippen LogP contribution is -2.48. The minimum Gasteiger partial charge on any atom is -0.352 e. The monoisotopic (exact) mass is 337 g/mol. The van der Waals surface area contributed by atoms with E-state index in [0.29, 0.717) is 37.5 Å². The van der Waals surface area contributed by atoms with E-state index in [1.807, 2.05) is 38.1 Å². The first-order valence-corrected chi connectivity index (χ1v) is 8.41. The summed E-state index contributed by atoms with van der Waals surface area (Å²) in [7, 11) is 0. The topological polar surface area (TPSA) is 61.4 Å². The molecule has 0 aromatic heterocycles. The third-order valence-corrected chi connectivity index (χ3v) is 4.20. The van der Waals surface area contributed by atoms with Gasteiger partial charge in [0.2, 0.25) is 5.91 Å². The first-order valence-electron chi connectivity index (χ1n) is 8.03. The van der Waals surface area contributed by atoms with Crippen LogP contribution in [0.25, 0.3) is 0 Å². The molecule has 1 fully saturated rings. The van der Waals surface area contributed by atoms with Crippen LogP contribution in [0.5, 0.6) is 0 Å². The van der Waals surface area contributed by atoms with Crippen LogP contribution in [-0.2, 0) is 11.3 Å². The third-order valence-electron chi connectivity index (χ3n) is 3.95. The maximum atomic E-state index is 12.2. The number of piperidine rings is 1. The van der Waals surface area contributed by atoms with Gasteiger partial charge >= 0.3 is 6.03 Å². The molecule has 1 saturated heterocycles. The first-order chi connectivity index (χ1) is 11.0. The Labute approximate surface area is 142 Å². The maximum absolute atomic E-state index is 12.2. The van der Waals surface area contributed by atoms with Crippen molar-refractivity contribution in [3.8, 4) is 0 Å². The Hall–Kier alpha value is -1.75. The number of urea groups is 1. The highest BCUT2D eigenvalue weighted by molar-refractivity contribution is 6.30. The average molecular weight is 338 g/mol. The minimum absolute atomic E-state index is 0.0228. The van der Waals surface area contributed by atoms with Gasteiger partial charge < -0.3 is 15.5 Å². The Morgan fingerprint density at radius 3 is 2.39 bits per heavy atom. The van der Waals surface area contributed by atoms with Gasteiger partial charge in [0.1, 0.15) is 0 Å². The normalized spacial score (nSPS) is 15.6. The van der Waals surface area contributed by atoms with Crippen molar-refractivity contribution in [2.75, 3.05) is 13.1 Å². The third kappa shape index (κ3) is 5.43. The summed E-state index contributed by atoms with van der Waals surface area (Å²) in [6.07, 6.45) is 1.41. The molecular weight excluding hydrogens is 314 g/mol. The molecule has 1 aliphatic rings. The number of nitrogens with one attached hydrogen (secondary N) is 2. The van der Waals surface area contributed by atoms with Gasteiger partial charge in [0.15, 0.2) is 0 Å². The molecule has 126 valence electrons. The number of likely N-dealkylation sites (tertiary alicyclic amines) is 1. The van der Waals surface area contributed by atoms with Crippen molar-refractivity contribution in [1.29, 1.82) is 0 Å². The zero-order valence-electron chi connectivity index (χ0n) is 13.6. The van der Waals surface area contributed by atoms with Crippen molar-refractivity contribution in [2.24, 2.45) is 5.92 Å². The lowest BCUT2D eigenvalue weighted by molar-refractivity contribution is -0.126. The molecule has 1 aromatic rings. The van der Waals surface area contributed by atoms with Gasteiger partial charge in [-0.1, -0.05) is 23.7 Å². The molecular formula is C17H24ClN3O2. The van der Waals surface area contributed by atoms with Gasteiger partial charge in [0, 0.05) is 36.6 Å². The highest BCUT2D eigenvalue weighted by Crippen LogP contribution is 2.18. The molecule has 0 aliphatic carbocycles. The molecule has 2 N–H and O–H groups in total. The van der Waals surface area contributed by atoms with E-state index in [1.54, 1.807) is 4.90 Å². The molecule has 5 nitrogen and oxygen atoms in total. The van der Waals surface area contributed by atoms with Gasteiger partial charge in [-0.15, -0.1) is 0 Å². The van der Waals surface area contributed by atoms with Gasteiger partial charge in [-0.3, -0.25) is 4.79 Å².